The monoisotopic (exact) mass is 584 g/mol. The summed E-state index contributed by atoms with van der Waals surface area (Å²) in [6.45, 7) is 3.74. The first-order valence-corrected chi connectivity index (χ1v) is 15.3. The van der Waals surface area contributed by atoms with E-state index in [1.165, 1.54) is 16.4 Å². The molecule has 10 nitrogen and oxygen atoms in total. The minimum absolute atomic E-state index is 0.0567. The van der Waals surface area contributed by atoms with Crippen LogP contribution in [0.15, 0.2) is 58.5 Å². The van der Waals surface area contributed by atoms with Gasteiger partial charge in [-0.2, -0.15) is 4.31 Å². The number of nitrogens with zero attached hydrogens (tertiary/aromatic N) is 4. The van der Waals surface area contributed by atoms with Crippen molar-refractivity contribution >= 4 is 21.6 Å². The van der Waals surface area contributed by atoms with Crippen LogP contribution in [0.5, 0.6) is 11.5 Å². The maximum atomic E-state index is 15.4. The van der Waals surface area contributed by atoms with E-state index in [9.17, 15) is 18.3 Å². The first kappa shape index (κ1) is 26.7. The van der Waals surface area contributed by atoms with Gasteiger partial charge in [-0.1, -0.05) is 12.1 Å². The van der Waals surface area contributed by atoms with E-state index in [0.717, 1.165) is 23.4 Å². The third kappa shape index (κ3) is 4.57. The van der Waals surface area contributed by atoms with Crippen LogP contribution in [-0.2, 0) is 14.8 Å². The molecule has 2 aromatic rings. The van der Waals surface area contributed by atoms with Crippen LogP contribution in [0, 0.1) is 5.92 Å². The van der Waals surface area contributed by atoms with Crippen LogP contribution >= 0.6 is 0 Å². The third-order valence-corrected chi connectivity index (χ3v) is 10.7. The third-order valence-electron chi connectivity index (χ3n) is 8.94. The molecule has 3 unspecified atom stereocenters. The second-order valence-corrected chi connectivity index (χ2v) is 13.7. The van der Waals surface area contributed by atoms with Crippen molar-refractivity contribution in [1.29, 1.82) is 0 Å². The van der Waals surface area contributed by atoms with E-state index in [-0.39, 0.29) is 37.0 Å². The van der Waals surface area contributed by atoms with Crippen LogP contribution in [0.3, 0.4) is 0 Å². The molecule has 1 amide bonds. The molecule has 0 bridgehead atoms. The van der Waals surface area contributed by atoms with Crippen LogP contribution in [0.25, 0.3) is 0 Å². The van der Waals surface area contributed by atoms with Gasteiger partial charge in [0.25, 0.3) is 5.91 Å². The zero-order valence-electron chi connectivity index (χ0n) is 22.8. The lowest BCUT2D eigenvalue weighted by Crippen LogP contribution is -2.38. The molecule has 0 radical (unpaired) electrons. The zero-order chi connectivity index (χ0) is 28.5. The summed E-state index contributed by atoms with van der Waals surface area (Å²) < 4.78 is 54.6. The molecular formula is C29H33FN4O6S. The number of fused-ring (bicyclic) bond motifs is 2. The largest absolute Gasteiger partial charge is 0.486 e. The molecule has 2 aromatic carbocycles. The van der Waals surface area contributed by atoms with E-state index in [0.29, 0.717) is 49.9 Å². The predicted octanol–water partition coefficient (Wildman–Crippen LogP) is 1.42. The Kier molecular flexibility index (Phi) is 6.31. The molecule has 0 aromatic heterocycles. The number of anilines is 1. The lowest BCUT2D eigenvalue weighted by atomic mass is 9.97. The van der Waals surface area contributed by atoms with E-state index in [4.69, 9.17) is 9.47 Å². The Labute approximate surface area is 238 Å². The standard InChI is InChI=1S/C29H33FN4O6S/c1-31-15-22-16-33(18-29(22,30)17-31)23-4-2-3-19(9-23)27(35)28(36)32-11-20-13-34(14-21(20)12-32)41(37,38)24-5-6-25-26(10-24)40-8-7-39-25/h2-6,9-10,22,27,35H,7-8,11-18H2,1H3. The van der Waals surface area contributed by atoms with Gasteiger partial charge in [-0.25, -0.2) is 12.8 Å². The fourth-order valence-corrected chi connectivity index (χ4v) is 8.28. The molecule has 41 heavy (non-hydrogen) atoms. The summed E-state index contributed by atoms with van der Waals surface area (Å²) in [6, 6.07) is 11.8. The number of benzene rings is 2. The van der Waals surface area contributed by atoms with Crippen LogP contribution in [0.4, 0.5) is 10.1 Å². The highest BCUT2D eigenvalue weighted by molar-refractivity contribution is 7.89. The van der Waals surface area contributed by atoms with E-state index < -0.39 is 27.7 Å². The highest BCUT2D eigenvalue weighted by Gasteiger charge is 2.52. The number of rotatable bonds is 5. The molecule has 1 N–H and O–H groups in total. The summed E-state index contributed by atoms with van der Waals surface area (Å²) >= 11 is 0. The van der Waals surface area contributed by atoms with Gasteiger partial charge in [0.1, 0.15) is 18.9 Å². The Morgan fingerprint density at radius 3 is 2.46 bits per heavy atom. The Morgan fingerprint density at radius 2 is 1.73 bits per heavy atom. The van der Waals surface area contributed by atoms with Crippen molar-refractivity contribution in [2.45, 2.75) is 16.7 Å². The number of amides is 1. The molecule has 0 spiro atoms. The SMILES string of the molecule is CN1CC2CN(c3cccc(C(O)C(=O)N4CC5=C(C4)CN(S(=O)(=O)c4ccc6c(c4)OCCO6)C5)c3)CC2(F)C1. The average Bonchev–Trinajstić information content (AvgIpc) is 3.69. The average molecular weight is 585 g/mol. The highest BCUT2D eigenvalue weighted by atomic mass is 32.2. The molecule has 0 saturated carbocycles. The van der Waals surface area contributed by atoms with Crippen molar-refractivity contribution in [3.63, 3.8) is 0 Å². The van der Waals surface area contributed by atoms with Gasteiger partial charge in [-0.05, 0) is 48.0 Å². The van der Waals surface area contributed by atoms with E-state index in [2.05, 4.69) is 0 Å². The van der Waals surface area contributed by atoms with Gasteiger partial charge in [0.2, 0.25) is 10.0 Å². The van der Waals surface area contributed by atoms with Gasteiger partial charge in [0.05, 0.1) is 11.4 Å². The maximum absolute atomic E-state index is 15.4. The Hall–Kier alpha value is -3.19. The fourth-order valence-electron chi connectivity index (χ4n) is 6.84. The molecule has 2 fully saturated rings. The van der Waals surface area contributed by atoms with Crippen molar-refractivity contribution < 1.29 is 32.2 Å². The van der Waals surface area contributed by atoms with Crippen molar-refractivity contribution in [2.75, 3.05) is 77.5 Å². The number of aliphatic hydroxyl groups is 1. The summed E-state index contributed by atoms with van der Waals surface area (Å²) in [4.78, 5) is 19.0. The summed E-state index contributed by atoms with van der Waals surface area (Å²) in [5.41, 5.74) is 1.77. The molecule has 3 atom stereocenters. The number of carbonyl (C=O) groups is 1. The molecule has 218 valence electrons. The maximum Gasteiger partial charge on any atom is 0.256 e. The number of carbonyl (C=O) groups excluding carboxylic acids is 1. The fraction of sp³-hybridized carbons (Fsp3) is 0.483. The van der Waals surface area contributed by atoms with Crippen LogP contribution in [0.2, 0.25) is 0 Å². The minimum Gasteiger partial charge on any atom is -0.486 e. The number of alkyl halides is 1. The first-order valence-electron chi connectivity index (χ1n) is 13.9. The number of aliphatic hydroxyl groups excluding tert-OH is 1. The number of sulfonamides is 1. The van der Waals surface area contributed by atoms with Gasteiger partial charge >= 0.3 is 0 Å². The number of hydrogen-bond acceptors (Lipinski definition) is 8. The summed E-state index contributed by atoms with van der Waals surface area (Å²) in [5, 5.41) is 11.0. The Balaban J connectivity index is 0.991. The molecule has 2 saturated heterocycles. The van der Waals surface area contributed by atoms with Crippen LogP contribution in [0.1, 0.15) is 11.7 Å². The van der Waals surface area contributed by atoms with E-state index in [1.54, 1.807) is 29.2 Å². The summed E-state index contributed by atoms with van der Waals surface area (Å²) in [5.74, 6) is 0.451. The van der Waals surface area contributed by atoms with Crippen LogP contribution in [-0.4, -0.2) is 112 Å². The number of ether oxygens (including phenoxy) is 2. The van der Waals surface area contributed by atoms with Gasteiger partial charge in [0.15, 0.2) is 17.6 Å². The summed E-state index contributed by atoms with van der Waals surface area (Å²) in [7, 11) is -1.83. The quantitative estimate of drug-likeness (QED) is 0.527. The minimum atomic E-state index is -3.77. The number of likely N-dealkylation sites (tertiary alicyclic amines) is 1. The van der Waals surface area contributed by atoms with Crippen molar-refractivity contribution in [2.24, 2.45) is 5.92 Å². The second-order valence-electron chi connectivity index (χ2n) is 11.8. The zero-order valence-corrected chi connectivity index (χ0v) is 23.6. The van der Waals surface area contributed by atoms with E-state index in [1.807, 2.05) is 22.9 Å². The molecule has 5 aliphatic heterocycles. The second kappa shape index (κ2) is 9.69. The van der Waals surface area contributed by atoms with Gasteiger partial charge in [0, 0.05) is 63.5 Å². The summed E-state index contributed by atoms with van der Waals surface area (Å²) in [6.07, 6.45) is -1.36. The molecular weight excluding hydrogens is 551 g/mol. The highest BCUT2D eigenvalue weighted by Crippen LogP contribution is 2.40. The van der Waals surface area contributed by atoms with Gasteiger partial charge < -0.3 is 29.3 Å². The van der Waals surface area contributed by atoms with Crippen molar-refractivity contribution in [1.82, 2.24) is 14.1 Å². The lowest BCUT2D eigenvalue weighted by molar-refractivity contribution is -0.139. The number of hydrogen-bond donors (Lipinski definition) is 1. The Morgan fingerprint density at radius 1 is 1.00 bits per heavy atom. The Bertz CT molecular complexity index is 1530. The molecule has 7 rings (SSSR count). The molecule has 5 aliphatic rings. The van der Waals surface area contributed by atoms with Crippen molar-refractivity contribution in [3.8, 4) is 11.5 Å². The van der Waals surface area contributed by atoms with E-state index >= 15 is 4.39 Å². The lowest BCUT2D eigenvalue weighted by Gasteiger charge is -2.26. The van der Waals surface area contributed by atoms with Crippen molar-refractivity contribution in [3.05, 3.63) is 59.2 Å². The number of halogens is 1. The van der Waals surface area contributed by atoms with Gasteiger partial charge in [-0.3, -0.25) is 4.79 Å². The normalized spacial score (nSPS) is 27.0. The molecule has 0 aliphatic carbocycles. The molecule has 5 heterocycles. The van der Waals surface area contributed by atoms with Gasteiger partial charge in [-0.15, -0.1) is 0 Å². The predicted molar refractivity (Wildman–Crippen MR) is 148 cm³/mol. The smallest absolute Gasteiger partial charge is 0.256 e. The topological polar surface area (TPSA) is 103 Å². The molecule has 12 heteroatoms. The first-order chi connectivity index (χ1) is 19.6. The van der Waals surface area contributed by atoms with Crippen LogP contribution < -0.4 is 14.4 Å².